The summed E-state index contributed by atoms with van der Waals surface area (Å²) >= 11 is 1.52. The lowest BCUT2D eigenvalue weighted by molar-refractivity contribution is -0.143. The molecule has 0 aliphatic heterocycles. The molecular formula is C25H41N3O6S. The number of phenols is 1. The fourth-order valence-electron chi connectivity index (χ4n) is 3.43. The maximum Gasteiger partial charge on any atom is 0.408 e. The third-order valence-corrected chi connectivity index (χ3v) is 5.72. The summed E-state index contributed by atoms with van der Waals surface area (Å²) in [6, 6.07) is 4.03. The fourth-order valence-corrected chi connectivity index (χ4v) is 3.90. The van der Waals surface area contributed by atoms with E-state index in [4.69, 9.17) is 4.74 Å². The summed E-state index contributed by atoms with van der Waals surface area (Å²) in [5, 5.41) is 25.0. The Bertz CT molecular complexity index is 797. The van der Waals surface area contributed by atoms with E-state index in [2.05, 4.69) is 17.6 Å². The van der Waals surface area contributed by atoms with Crippen LogP contribution in [0.15, 0.2) is 24.3 Å². The number of alkyl carbamates (subject to hydrolysis) is 1. The molecule has 0 radical (unpaired) electrons. The molecule has 0 aromatic heterocycles. The first-order valence-corrected chi connectivity index (χ1v) is 13.4. The topological polar surface area (TPSA) is 128 Å². The SMILES string of the molecule is CCCCCNC(=O)C(c1ccc(O)cc1)N(CCO)C(=O)C(CCSC)NC(=O)OC(C)(C)C. The molecule has 198 valence electrons. The van der Waals surface area contributed by atoms with Gasteiger partial charge in [0.15, 0.2) is 0 Å². The van der Waals surface area contributed by atoms with Crippen molar-refractivity contribution in [1.82, 2.24) is 15.5 Å². The first kappa shape index (κ1) is 30.6. The Morgan fingerprint density at radius 2 is 1.80 bits per heavy atom. The second-order valence-corrected chi connectivity index (χ2v) is 10.2. The van der Waals surface area contributed by atoms with Crippen LogP contribution in [0.4, 0.5) is 4.79 Å². The number of thioether (sulfide) groups is 1. The van der Waals surface area contributed by atoms with Gasteiger partial charge in [0.05, 0.1) is 6.61 Å². The Kier molecular flexibility index (Phi) is 13.6. The second kappa shape index (κ2) is 15.5. The highest BCUT2D eigenvalue weighted by Gasteiger charge is 2.35. The smallest absolute Gasteiger partial charge is 0.408 e. The largest absolute Gasteiger partial charge is 0.508 e. The van der Waals surface area contributed by atoms with E-state index in [0.29, 0.717) is 24.3 Å². The molecule has 0 spiro atoms. The van der Waals surface area contributed by atoms with E-state index >= 15 is 0 Å². The Hall–Kier alpha value is -2.46. The molecule has 0 saturated heterocycles. The molecule has 0 saturated carbocycles. The molecule has 0 aliphatic rings. The maximum absolute atomic E-state index is 13.7. The summed E-state index contributed by atoms with van der Waals surface area (Å²) in [6.45, 7) is 7.22. The van der Waals surface area contributed by atoms with Crippen LogP contribution in [-0.4, -0.2) is 76.4 Å². The molecule has 0 heterocycles. The molecular weight excluding hydrogens is 470 g/mol. The summed E-state index contributed by atoms with van der Waals surface area (Å²) in [5.41, 5.74) is -0.256. The molecule has 0 fully saturated rings. The van der Waals surface area contributed by atoms with E-state index in [1.807, 2.05) is 6.26 Å². The number of ether oxygens (including phenoxy) is 1. The van der Waals surface area contributed by atoms with Crippen LogP contribution >= 0.6 is 11.8 Å². The fraction of sp³-hybridized carbons (Fsp3) is 0.640. The number of nitrogens with zero attached hydrogens (tertiary/aromatic N) is 1. The lowest BCUT2D eigenvalue weighted by Gasteiger charge is -2.34. The van der Waals surface area contributed by atoms with Crippen LogP contribution < -0.4 is 10.6 Å². The minimum absolute atomic E-state index is 0.0281. The molecule has 35 heavy (non-hydrogen) atoms. The van der Waals surface area contributed by atoms with Gasteiger partial charge in [-0.3, -0.25) is 9.59 Å². The van der Waals surface area contributed by atoms with Gasteiger partial charge in [-0.2, -0.15) is 11.8 Å². The number of benzene rings is 1. The predicted molar refractivity (Wildman–Crippen MR) is 138 cm³/mol. The maximum atomic E-state index is 13.7. The first-order chi connectivity index (χ1) is 16.5. The van der Waals surface area contributed by atoms with Gasteiger partial charge in [-0.1, -0.05) is 31.9 Å². The van der Waals surface area contributed by atoms with Gasteiger partial charge in [0.2, 0.25) is 11.8 Å². The summed E-state index contributed by atoms with van der Waals surface area (Å²) < 4.78 is 5.34. The quantitative estimate of drug-likeness (QED) is 0.282. The van der Waals surface area contributed by atoms with E-state index in [-0.39, 0.29) is 18.9 Å². The van der Waals surface area contributed by atoms with Gasteiger partial charge >= 0.3 is 6.09 Å². The van der Waals surface area contributed by atoms with Crippen molar-refractivity contribution in [3.05, 3.63) is 29.8 Å². The number of aromatic hydroxyl groups is 1. The van der Waals surface area contributed by atoms with Crippen molar-refractivity contribution in [1.29, 1.82) is 0 Å². The number of hydrogen-bond acceptors (Lipinski definition) is 7. The lowest BCUT2D eigenvalue weighted by Crippen LogP contribution is -2.54. The number of aliphatic hydroxyl groups excluding tert-OH is 1. The monoisotopic (exact) mass is 511 g/mol. The van der Waals surface area contributed by atoms with Crippen molar-refractivity contribution in [2.75, 3.05) is 31.7 Å². The molecule has 9 nitrogen and oxygen atoms in total. The Labute approximate surface area is 213 Å². The van der Waals surface area contributed by atoms with Crippen LogP contribution in [0.25, 0.3) is 0 Å². The number of unbranched alkanes of at least 4 members (excludes halogenated alkanes) is 2. The molecule has 0 aliphatic carbocycles. The van der Waals surface area contributed by atoms with Crippen LogP contribution in [0, 0.1) is 0 Å². The molecule has 2 atom stereocenters. The van der Waals surface area contributed by atoms with Crippen molar-refractivity contribution >= 4 is 29.7 Å². The number of carbonyl (C=O) groups excluding carboxylic acids is 3. The molecule has 1 aromatic carbocycles. The number of amides is 3. The molecule has 3 amide bonds. The van der Waals surface area contributed by atoms with Gasteiger partial charge in [-0.05, 0) is 63.3 Å². The lowest BCUT2D eigenvalue weighted by atomic mass is 10.0. The summed E-state index contributed by atoms with van der Waals surface area (Å²) in [6.07, 6.45) is 4.24. The minimum atomic E-state index is -1.05. The second-order valence-electron chi connectivity index (χ2n) is 9.23. The van der Waals surface area contributed by atoms with Gasteiger partial charge in [-0.25, -0.2) is 4.79 Å². The number of hydrogen-bond donors (Lipinski definition) is 4. The summed E-state index contributed by atoms with van der Waals surface area (Å²) in [4.78, 5) is 40.7. The van der Waals surface area contributed by atoms with Gasteiger partial charge in [-0.15, -0.1) is 0 Å². The van der Waals surface area contributed by atoms with Crippen molar-refractivity contribution in [2.45, 2.75) is 71.1 Å². The van der Waals surface area contributed by atoms with Crippen molar-refractivity contribution in [2.24, 2.45) is 0 Å². The number of rotatable bonds is 14. The van der Waals surface area contributed by atoms with E-state index in [9.17, 15) is 24.6 Å². The predicted octanol–water partition coefficient (Wildman–Crippen LogP) is 3.21. The highest BCUT2D eigenvalue weighted by Crippen LogP contribution is 2.25. The molecule has 4 N–H and O–H groups in total. The van der Waals surface area contributed by atoms with Gasteiger partial charge in [0.1, 0.15) is 23.4 Å². The third kappa shape index (κ3) is 11.2. The van der Waals surface area contributed by atoms with Crippen LogP contribution in [0.1, 0.15) is 65.0 Å². The highest BCUT2D eigenvalue weighted by molar-refractivity contribution is 7.98. The Balaban J connectivity index is 3.29. The molecule has 2 unspecified atom stereocenters. The van der Waals surface area contributed by atoms with E-state index in [1.54, 1.807) is 32.9 Å². The zero-order chi connectivity index (χ0) is 26.4. The zero-order valence-corrected chi connectivity index (χ0v) is 22.3. The third-order valence-electron chi connectivity index (χ3n) is 5.07. The van der Waals surface area contributed by atoms with Crippen LogP contribution in [0.5, 0.6) is 5.75 Å². The van der Waals surface area contributed by atoms with Crippen LogP contribution in [-0.2, 0) is 14.3 Å². The number of carbonyl (C=O) groups is 3. The number of aliphatic hydroxyl groups is 1. The van der Waals surface area contributed by atoms with E-state index in [0.717, 1.165) is 19.3 Å². The molecule has 10 heteroatoms. The van der Waals surface area contributed by atoms with Gasteiger partial charge in [0, 0.05) is 13.1 Å². The van der Waals surface area contributed by atoms with E-state index in [1.165, 1.54) is 28.8 Å². The Morgan fingerprint density at radius 3 is 2.34 bits per heavy atom. The minimum Gasteiger partial charge on any atom is -0.508 e. The van der Waals surface area contributed by atoms with Crippen molar-refractivity contribution in [3.8, 4) is 5.75 Å². The Morgan fingerprint density at radius 1 is 1.14 bits per heavy atom. The highest BCUT2D eigenvalue weighted by atomic mass is 32.2. The normalized spacial score (nSPS) is 13.0. The van der Waals surface area contributed by atoms with Crippen LogP contribution in [0.3, 0.4) is 0 Å². The van der Waals surface area contributed by atoms with Gasteiger partial charge < -0.3 is 30.5 Å². The molecule has 0 bridgehead atoms. The van der Waals surface area contributed by atoms with Crippen molar-refractivity contribution in [3.63, 3.8) is 0 Å². The zero-order valence-electron chi connectivity index (χ0n) is 21.5. The van der Waals surface area contributed by atoms with Gasteiger partial charge in [0.25, 0.3) is 0 Å². The first-order valence-electron chi connectivity index (χ1n) is 12.0. The van der Waals surface area contributed by atoms with Crippen LogP contribution in [0.2, 0.25) is 0 Å². The average molecular weight is 512 g/mol. The van der Waals surface area contributed by atoms with E-state index < -0.39 is 35.6 Å². The summed E-state index contributed by atoms with van der Waals surface area (Å²) in [5.74, 6) is -0.276. The standard InChI is InChI=1S/C25H41N3O6S/c1-6-7-8-14-26-22(31)21(18-9-11-19(30)12-10-18)28(15-16-29)23(32)20(13-17-35-5)27-24(33)34-25(2,3)4/h9-12,20-21,29-30H,6-8,13-17H2,1-5H3,(H,26,31)(H,27,33). The molecule has 1 rings (SSSR count). The summed E-state index contributed by atoms with van der Waals surface area (Å²) in [7, 11) is 0. The van der Waals surface area contributed by atoms with Crippen molar-refractivity contribution < 1.29 is 29.3 Å². The molecule has 1 aromatic rings. The number of nitrogens with one attached hydrogen (secondary N) is 2. The average Bonchev–Trinajstić information content (AvgIpc) is 2.78. The number of phenolic OH excluding ortho intramolecular Hbond substituents is 1.